The summed E-state index contributed by atoms with van der Waals surface area (Å²) in [6.45, 7) is 2.86. The molecule has 1 fully saturated rings. The average Bonchev–Trinajstić information content (AvgIpc) is 2.47. The van der Waals surface area contributed by atoms with Crippen molar-refractivity contribution >= 4 is 24.4 Å². The summed E-state index contributed by atoms with van der Waals surface area (Å²) in [5, 5.41) is 9.14. The predicted octanol–water partition coefficient (Wildman–Crippen LogP) is 1.93. The smallest absolute Gasteiger partial charge is 0.264 e. The molecule has 0 bridgehead atoms. The van der Waals surface area contributed by atoms with Crippen molar-refractivity contribution in [3.05, 3.63) is 41.2 Å². The molecule has 2 rings (SSSR count). The number of rotatable bonds is 2. The fourth-order valence-electron chi connectivity index (χ4n) is 2.05. The number of benzene rings is 1. The first-order chi connectivity index (χ1) is 9.60. The summed E-state index contributed by atoms with van der Waals surface area (Å²) in [7, 11) is 2.00. The van der Waals surface area contributed by atoms with Crippen molar-refractivity contribution in [1.29, 1.82) is 5.26 Å². The van der Waals surface area contributed by atoms with Crippen LogP contribution in [0.25, 0.3) is 6.08 Å². The number of carbonyl (C=O) groups is 1. The van der Waals surface area contributed by atoms with E-state index in [2.05, 4.69) is 4.90 Å². The van der Waals surface area contributed by atoms with Gasteiger partial charge in [-0.2, -0.15) is 5.26 Å². The van der Waals surface area contributed by atoms with E-state index < -0.39 is 0 Å². The molecule has 112 valence electrons. The molecule has 0 saturated carbocycles. The fourth-order valence-corrected chi connectivity index (χ4v) is 2.05. The number of hydrogen-bond donors (Lipinski definition) is 0. The molecule has 21 heavy (non-hydrogen) atoms. The van der Waals surface area contributed by atoms with Gasteiger partial charge in [-0.3, -0.25) is 4.79 Å². The summed E-state index contributed by atoms with van der Waals surface area (Å²) >= 11 is 0. The van der Waals surface area contributed by atoms with Crippen molar-refractivity contribution in [3.63, 3.8) is 0 Å². The Morgan fingerprint density at radius 1 is 1.24 bits per heavy atom. The van der Waals surface area contributed by atoms with E-state index in [0.29, 0.717) is 18.7 Å². The maximum absolute atomic E-state index is 12.8. The van der Waals surface area contributed by atoms with Crippen LogP contribution in [-0.2, 0) is 4.79 Å². The number of likely N-dealkylation sites (N-methyl/N-ethyl adjacent to an activating group) is 1. The molecule has 0 N–H and O–H groups in total. The largest absolute Gasteiger partial charge is 0.335 e. The van der Waals surface area contributed by atoms with Gasteiger partial charge in [0.2, 0.25) is 0 Å². The van der Waals surface area contributed by atoms with Crippen LogP contribution in [0.3, 0.4) is 0 Å². The molecule has 0 aliphatic carbocycles. The first kappa shape index (κ1) is 17.2. The quantitative estimate of drug-likeness (QED) is 0.619. The molecule has 4 nitrogen and oxygen atoms in total. The van der Waals surface area contributed by atoms with Crippen LogP contribution in [0.5, 0.6) is 0 Å². The topological polar surface area (TPSA) is 47.3 Å². The molecule has 0 aromatic heterocycles. The first-order valence-corrected chi connectivity index (χ1v) is 6.45. The van der Waals surface area contributed by atoms with Gasteiger partial charge in [0.15, 0.2) is 0 Å². The number of halogens is 2. The minimum atomic E-state index is -0.342. The summed E-state index contributed by atoms with van der Waals surface area (Å²) in [4.78, 5) is 16.1. The van der Waals surface area contributed by atoms with E-state index in [1.54, 1.807) is 17.0 Å². The summed E-state index contributed by atoms with van der Waals surface area (Å²) < 4.78 is 12.8. The van der Waals surface area contributed by atoms with Crippen LogP contribution in [-0.4, -0.2) is 48.9 Å². The van der Waals surface area contributed by atoms with Crippen molar-refractivity contribution in [2.75, 3.05) is 33.2 Å². The lowest BCUT2D eigenvalue weighted by Crippen LogP contribution is -2.47. The second kappa shape index (κ2) is 7.77. The number of hydrogen-bond acceptors (Lipinski definition) is 3. The maximum atomic E-state index is 12.8. The SMILES string of the molecule is CN1CCN(C(=O)/C(C#N)=C/c2ccc(F)cc2)CC1.Cl. The van der Waals surface area contributed by atoms with E-state index in [-0.39, 0.29) is 29.7 Å². The third-order valence-electron chi connectivity index (χ3n) is 3.32. The molecular weight excluding hydrogens is 293 g/mol. The number of carbonyl (C=O) groups excluding carboxylic acids is 1. The molecule has 6 heteroatoms. The third kappa shape index (κ3) is 4.55. The van der Waals surface area contributed by atoms with Crippen LogP contribution < -0.4 is 0 Å². The van der Waals surface area contributed by atoms with Crippen LogP contribution >= 0.6 is 12.4 Å². The monoisotopic (exact) mass is 309 g/mol. The van der Waals surface area contributed by atoms with Crippen molar-refractivity contribution in [2.24, 2.45) is 0 Å². The van der Waals surface area contributed by atoms with E-state index in [1.807, 2.05) is 13.1 Å². The Morgan fingerprint density at radius 3 is 2.33 bits per heavy atom. The van der Waals surface area contributed by atoms with Crippen LogP contribution in [0.1, 0.15) is 5.56 Å². The van der Waals surface area contributed by atoms with Gasteiger partial charge in [-0.05, 0) is 30.8 Å². The van der Waals surface area contributed by atoms with Gasteiger partial charge in [0, 0.05) is 26.2 Å². The zero-order chi connectivity index (χ0) is 14.5. The highest BCUT2D eigenvalue weighted by Crippen LogP contribution is 2.11. The van der Waals surface area contributed by atoms with Gasteiger partial charge in [0.1, 0.15) is 17.5 Å². The van der Waals surface area contributed by atoms with E-state index in [9.17, 15) is 9.18 Å². The molecule has 0 spiro atoms. The van der Waals surface area contributed by atoms with Crippen molar-refractivity contribution in [1.82, 2.24) is 9.80 Å². The molecule has 1 amide bonds. The standard InChI is InChI=1S/C15H16FN3O.ClH/c1-18-6-8-19(9-7-18)15(20)13(11-17)10-12-2-4-14(16)5-3-12;/h2-5,10H,6-9H2,1H3;1H/b13-10+;. The molecule has 1 aliphatic heterocycles. The van der Waals surface area contributed by atoms with Gasteiger partial charge >= 0.3 is 0 Å². The Kier molecular flexibility index (Phi) is 6.35. The highest BCUT2D eigenvalue weighted by Gasteiger charge is 2.21. The first-order valence-electron chi connectivity index (χ1n) is 6.45. The van der Waals surface area contributed by atoms with Gasteiger partial charge in [-0.1, -0.05) is 12.1 Å². The zero-order valence-corrected chi connectivity index (χ0v) is 12.6. The normalized spacial score (nSPS) is 16.0. The summed E-state index contributed by atoms with van der Waals surface area (Å²) in [6, 6.07) is 7.64. The Balaban J connectivity index is 0.00000220. The fraction of sp³-hybridized carbons (Fsp3) is 0.333. The second-order valence-corrected chi connectivity index (χ2v) is 4.82. The maximum Gasteiger partial charge on any atom is 0.264 e. The lowest BCUT2D eigenvalue weighted by molar-refractivity contribution is -0.128. The van der Waals surface area contributed by atoms with E-state index in [0.717, 1.165) is 13.1 Å². The van der Waals surface area contributed by atoms with Gasteiger partial charge in [-0.25, -0.2) is 4.39 Å². The average molecular weight is 310 g/mol. The van der Waals surface area contributed by atoms with Gasteiger partial charge < -0.3 is 9.80 Å². The van der Waals surface area contributed by atoms with Crippen LogP contribution in [0.4, 0.5) is 4.39 Å². The Hall–Kier alpha value is -1.90. The Labute approximate surface area is 129 Å². The summed E-state index contributed by atoms with van der Waals surface area (Å²) in [5.41, 5.74) is 0.728. The molecule has 1 aromatic rings. The third-order valence-corrected chi connectivity index (χ3v) is 3.32. The van der Waals surface area contributed by atoms with E-state index in [4.69, 9.17) is 5.26 Å². The summed E-state index contributed by atoms with van der Waals surface area (Å²) in [5.74, 6) is -0.601. The van der Waals surface area contributed by atoms with E-state index in [1.165, 1.54) is 18.2 Å². The second-order valence-electron chi connectivity index (χ2n) is 4.82. The van der Waals surface area contributed by atoms with Crippen molar-refractivity contribution in [2.45, 2.75) is 0 Å². The molecule has 0 atom stereocenters. The highest BCUT2D eigenvalue weighted by molar-refractivity contribution is 6.01. The van der Waals surface area contributed by atoms with Crippen molar-refractivity contribution in [3.8, 4) is 6.07 Å². The highest BCUT2D eigenvalue weighted by atomic mass is 35.5. The molecule has 1 saturated heterocycles. The number of nitrogens with zero attached hydrogens (tertiary/aromatic N) is 3. The minimum Gasteiger partial charge on any atom is -0.335 e. The molecular formula is C15H17ClFN3O. The van der Waals surface area contributed by atoms with Crippen LogP contribution in [0, 0.1) is 17.1 Å². The number of nitriles is 1. The molecule has 0 radical (unpaired) electrons. The van der Waals surface area contributed by atoms with Crippen molar-refractivity contribution < 1.29 is 9.18 Å². The lowest BCUT2D eigenvalue weighted by atomic mass is 10.1. The summed E-state index contributed by atoms with van der Waals surface area (Å²) in [6.07, 6.45) is 1.50. The zero-order valence-electron chi connectivity index (χ0n) is 11.8. The lowest BCUT2D eigenvalue weighted by Gasteiger charge is -2.32. The van der Waals surface area contributed by atoms with Gasteiger partial charge in [0.05, 0.1) is 0 Å². The Morgan fingerprint density at radius 2 is 1.81 bits per heavy atom. The molecule has 1 aromatic carbocycles. The number of amides is 1. The molecule has 1 aliphatic rings. The molecule has 1 heterocycles. The van der Waals surface area contributed by atoms with Crippen LogP contribution in [0.2, 0.25) is 0 Å². The molecule has 0 unspecified atom stereocenters. The van der Waals surface area contributed by atoms with E-state index >= 15 is 0 Å². The predicted molar refractivity (Wildman–Crippen MR) is 81.3 cm³/mol. The van der Waals surface area contributed by atoms with Gasteiger partial charge in [-0.15, -0.1) is 12.4 Å². The number of piperazine rings is 1. The Bertz CT molecular complexity index is 557. The minimum absolute atomic E-state index is 0. The van der Waals surface area contributed by atoms with Gasteiger partial charge in [0.25, 0.3) is 5.91 Å². The van der Waals surface area contributed by atoms with Crippen LogP contribution in [0.15, 0.2) is 29.8 Å².